The van der Waals surface area contributed by atoms with E-state index in [4.69, 9.17) is 4.74 Å². The highest BCUT2D eigenvalue weighted by molar-refractivity contribution is 5.91. The van der Waals surface area contributed by atoms with Crippen LogP contribution in [0.5, 0.6) is 5.75 Å². The molecule has 0 saturated heterocycles. The maximum Gasteiger partial charge on any atom is 0.311 e. The molecule has 146 valence electrons. The average molecular weight is 395 g/mol. The molecule has 0 radical (unpaired) electrons. The lowest BCUT2D eigenvalue weighted by atomic mass is 10.0. The number of esters is 1. The molecule has 0 aliphatic carbocycles. The first kappa shape index (κ1) is 18.8. The average Bonchev–Trinajstić information content (AvgIpc) is 3.06. The molecule has 0 saturated carbocycles. The molecule has 0 spiro atoms. The van der Waals surface area contributed by atoms with Crippen LogP contribution in [0.4, 0.5) is 13.2 Å². The van der Waals surface area contributed by atoms with Crippen LogP contribution in [0, 0.1) is 17.5 Å². The third-order valence-electron chi connectivity index (χ3n) is 4.63. The van der Waals surface area contributed by atoms with Crippen LogP contribution in [0.2, 0.25) is 0 Å². The Kier molecular flexibility index (Phi) is 5.08. The van der Waals surface area contributed by atoms with Crippen LogP contribution in [-0.4, -0.2) is 11.0 Å². The van der Waals surface area contributed by atoms with Gasteiger partial charge in [0.1, 0.15) is 23.2 Å². The van der Waals surface area contributed by atoms with Gasteiger partial charge in [0.15, 0.2) is 0 Å². The molecule has 29 heavy (non-hydrogen) atoms. The Morgan fingerprint density at radius 1 is 0.828 bits per heavy atom. The van der Waals surface area contributed by atoms with Crippen molar-refractivity contribution >= 4 is 16.9 Å². The van der Waals surface area contributed by atoms with Gasteiger partial charge in [0.25, 0.3) is 0 Å². The van der Waals surface area contributed by atoms with E-state index in [-0.39, 0.29) is 24.4 Å². The lowest BCUT2D eigenvalue weighted by Gasteiger charge is -2.07. The molecule has 0 fully saturated rings. The van der Waals surface area contributed by atoms with E-state index in [1.165, 1.54) is 48.5 Å². The van der Waals surface area contributed by atoms with Crippen molar-refractivity contribution in [2.24, 2.45) is 0 Å². The number of aromatic nitrogens is 1. The highest BCUT2D eigenvalue weighted by atomic mass is 19.1. The predicted molar refractivity (Wildman–Crippen MR) is 104 cm³/mol. The monoisotopic (exact) mass is 395 g/mol. The first-order chi connectivity index (χ1) is 14.0. The van der Waals surface area contributed by atoms with Gasteiger partial charge in [0, 0.05) is 16.6 Å². The van der Waals surface area contributed by atoms with Crippen LogP contribution >= 0.6 is 0 Å². The summed E-state index contributed by atoms with van der Waals surface area (Å²) in [6.45, 7) is 0. The minimum atomic E-state index is -0.493. The van der Waals surface area contributed by atoms with Crippen molar-refractivity contribution < 1.29 is 22.7 Å². The molecular weight excluding hydrogens is 379 g/mol. The summed E-state index contributed by atoms with van der Waals surface area (Å²) in [6.07, 6.45) is 0.325. The molecule has 0 amide bonds. The van der Waals surface area contributed by atoms with E-state index in [1.54, 1.807) is 18.2 Å². The van der Waals surface area contributed by atoms with E-state index < -0.39 is 17.6 Å². The molecule has 0 bridgehead atoms. The number of aromatic amines is 1. The Morgan fingerprint density at radius 2 is 1.45 bits per heavy atom. The van der Waals surface area contributed by atoms with Crippen molar-refractivity contribution in [2.45, 2.75) is 12.8 Å². The number of H-pyrrole nitrogens is 1. The zero-order valence-electron chi connectivity index (χ0n) is 15.2. The molecule has 0 aliphatic heterocycles. The van der Waals surface area contributed by atoms with Crippen molar-refractivity contribution in [3.63, 3.8) is 0 Å². The second-order valence-corrected chi connectivity index (χ2v) is 6.60. The summed E-state index contributed by atoms with van der Waals surface area (Å²) < 4.78 is 45.3. The van der Waals surface area contributed by atoms with E-state index >= 15 is 0 Å². The smallest absolute Gasteiger partial charge is 0.311 e. The van der Waals surface area contributed by atoms with E-state index in [2.05, 4.69) is 4.98 Å². The van der Waals surface area contributed by atoms with Gasteiger partial charge in [-0.3, -0.25) is 4.79 Å². The number of halogens is 3. The van der Waals surface area contributed by atoms with Gasteiger partial charge in [-0.25, -0.2) is 13.2 Å². The first-order valence-corrected chi connectivity index (χ1v) is 9.02. The Bertz CT molecular complexity index is 1170. The van der Waals surface area contributed by atoms with Crippen LogP contribution in [0.15, 0.2) is 66.7 Å². The second kappa shape index (κ2) is 7.83. The molecule has 4 aromatic rings. The zero-order chi connectivity index (χ0) is 20.4. The molecule has 1 aromatic heterocycles. The maximum absolute atomic E-state index is 13.8. The quantitative estimate of drug-likeness (QED) is 0.343. The summed E-state index contributed by atoms with van der Waals surface area (Å²) in [5, 5.41) is 0.652. The Labute approximate surface area is 164 Å². The van der Waals surface area contributed by atoms with Gasteiger partial charge in [0.05, 0.1) is 6.42 Å². The van der Waals surface area contributed by atoms with Crippen LogP contribution in [0.25, 0.3) is 22.2 Å². The summed E-state index contributed by atoms with van der Waals surface area (Å²) >= 11 is 0. The molecule has 3 nitrogen and oxygen atoms in total. The predicted octanol–water partition coefficient (Wildman–Crippen LogP) is 5.79. The summed E-state index contributed by atoms with van der Waals surface area (Å²) in [7, 11) is 0. The van der Waals surface area contributed by atoms with Crippen molar-refractivity contribution in [3.8, 4) is 17.0 Å². The Hall–Kier alpha value is -3.54. The van der Waals surface area contributed by atoms with Crippen LogP contribution in [0.1, 0.15) is 12.0 Å². The Morgan fingerprint density at radius 3 is 2.14 bits per heavy atom. The fraction of sp³-hybridized carbons (Fsp3) is 0.0870. The highest BCUT2D eigenvalue weighted by Gasteiger charge is 2.16. The van der Waals surface area contributed by atoms with Gasteiger partial charge in [-0.1, -0.05) is 0 Å². The van der Waals surface area contributed by atoms with Crippen molar-refractivity contribution in [1.82, 2.24) is 4.98 Å². The van der Waals surface area contributed by atoms with Gasteiger partial charge in [-0.15, -0.1) is 0 Å². The van der Waals surface area contributed by atoms with Gasteiger partial charge >= 0.3 is 5.97 Å². The molecule has 0 unspecified atom stereocenters. The molecule has 1 N–H and O–H groups in total. The van der Waals surface area contributed by atoms with Crippen molar-refractivity contribution in [1.29, 1.82) is 0 Å². The number of hydrogen-bond donors (Lipinski definition) is 1. The molecule has 4 rings (SSSR count). The largest absolute Gasteiger partial charge is 0.427 e. The summed E-state index contributed by atoms with van der Waals surface area (Å²) in [4.78, 5) is 15.5. The standard InChI is InChI=1S/C23H16F3NO2/c24-15-3-1-14(2-4-15)23-19(20-13-17(26)7-11-21(20)27-23)10-12-22(28)29-18-8-5-16(25)6-9-18/h1-9,11,13,27H,10,12H2. The lowest BCUT2D eigenvalue weighted by Crippen LogP contribution is -2.09. The number of benzene rings is 3. The van der Waals surface area contributed by atoms with Crippen molar-refractivity contribution in [3.05, 3.63) is 89.7 Å². The molecule has 0 atom stereocenters. The third kappa shape index (κ3) is 4.16. The number of fused-ring (bicyclic) bond motifs is 1. The SMILES string of the molecule is O=C(CCc1c(-c2ccc(F)cc2)[nH]c2ccc(F)cc12)Oc1ccc(F)cc1. The number of carbonyl (C=O) groups excluding carboxylic acids is 1. The molecule has 6 heteroatoms. The maximum atomic E-state index is 13.8. The third-order valence-corrected chi connectivity index (χ3v) is 4.63. The molecular formula is C23H16F3NO2. The Balaban J connectivity index is 1.61. The fourth-order valence-corrected chi connectivity index (χ4v) is 3.25. The van der Waals surface area contributed by atoms with Crippen molar-refractivity contribution in [2.75, 3.05) is 0 Å². The summed E-state index contributed by atoms with van der Waals surface area (Å²) in [5.41, 5.74) is 2.87. The van der Waals surface area contributed by atoms with E-state index in [0.717, 1.165) is 11.1 Å². The minimum absolute atomic E-state index is 0.0367. The number of aryl methyl sites for hydroxylation is 1. The minimum Gasteiger partial charge on any atom is -0.427 e. The molecule has 3 aromatic carbocycles. The summed E-state index contributed by atoms with van der Waals surface area (Å²) in [5.74, 6) is -1.42. The van der Waals surface area contributed by atoms with Crippen LogP contribution < -0.4 is 4.74 Å². The number of hydrogen-bond acceptors (Lipinski definition) is 2. The topological polar surface area (TPSA) is 42.1 Å². The van der Waals surface area contributed by atoms with Gasteiger partial charge in [-0.2, -0.15) is 0 Å². The number of rotatable bonds is 5. The first-order valence-electron chi connectivity index (χ1n) is 9.02. The van der Waals surface area contributed by atoms with Gasteiger partial charge in [0.2, 0.25) is 0 Å². The van der Waals surface area contributed by atoms with E-state index in [1.807, 2.05) is 0 Å². The van der Waals surface area contributed by atoms with Gasteiger partial charge < -0.3 is 9.72 Å². The van der Waals surface area contributed by atoms with Crippen LogP contribution in [-0.2, 0) is 11.2 Å². The van der Waals surface area contributed by atoms with E-state index in [9.17, 15) is 18.0 Å². The second-order valence-electron chi connectivity index (χ2n) is 6.60. The normalized spacial score (nSPS) is 11.0. The lowest BCUT2D eigenvalue weighted by molar-refractivity contribution is -0.134. The number of ether oxygens (including phenoxy) is 1. The zero-order valence-corrected chi connectivity index (χ0v) is 15.2. The summed E-state index contributed by atoms with van der Waals surface area (Å²) in [6, 6.07) is 15.5. The molecule has 0 aliphatic rings. The molecule has 1 heterocycles. The van der Waals surface area contributed by atoms with Crippen LogP contribution in [0.3, 0.4) is 0 Å². The number of carbonyl (C=O) groups is 1. The van der Waals surface area contributed by atoms with Gasteiger partial charge in [-0.05, 0) is 84.3 Å². The number of nitrogens with one attached hydrogen (secondary N) is 1. The fourth-order valence-electron chi connectivity index (χ4n) is 3.25. The highest BCUT2D eigenvalue weighted by Crippen LogP contribution is 2.32. The van der Waals surface area contributed by atoms with E-state index in [0.29, 0.717) is 16.6 Å².